The largest absolute Gasteiger partial charge is 0.444 e. The maximum atomic E-state index is 5.57. The highest BCUT2D eigenvalue weighted by Crippen LogP contribution is 2.19. The van der Waals surface area contributed by atoms with E-state index in [9.17, 15) is 0 Å². The van der Waals surface area contributed by atoms with Gasteiger partial charge in [0.1, 0.15) is 12.0 Å². The maximum absolute atomic E-state index is 5.57. The molecule has 0 amide bonds. The molecule has 0 aliphatic heterocycles. The second-order valence-corrected chi connectivity index (χ2v) is 6.18. The Morgan fingerprint density at radius 3 is 2.68 bits per heavy atom. The minimum atomic E-state index is 0. The van der Waals surface area contributed by atoms with Gasteiger partial charge in [0, 0.05) is 18.2 Å². The van der Waals surface area contributed by atoms with Gasteiger partial charge < -0.3 is 15.1 Å². The van der Waals surface area contributed by atoms with Crippen LogP contribution in [0, 0.1) is 0 Å². The van der Waals surface area contributed by atoms with Crippen LogP contribution in [0.2, 0.25) is 0 Å². The molecule has 0 radical (unpaired) electrons. The SMILES string of the molecule is CCNC(=NCc1coc(-c2ccccc2)n1)NC1CCCCC1.I. The molecular formula is C19H27IN4O. The predicted octanol–water partition coefficient (Wildman–Crippen LogP) is 4.35. The van der Waals surface area contributed by atoms with Crippen molar-refractivity contribution in [2.45, 2.75) is 51.6 Å². The summed E-state index contributed by atoms with van der Waals surface area (Å²) in [6, 6.07) is 10.5. The molecule has 0 bridgehead atoms. The van der Waals surface area contributed by atoms with Crippen LogP contribution in [0.25, 0.3) is 11.5 Å². The fourth-order valence-corrected chi connectivity index (χ4v) is 3.01. The predicted molar refractivity (Wildman–Crippen MR) is 112 cm³/mol. The quantitative estimate of drug-likeness (QED) is 0.401. The van der Waals surface area contributed by atoms with Gasteiger partial charge in [-0.1, -0.05) is 37.5 Å². The first-order valence-electron chi connectivity index (χ1n) is 8.90. The van der Waals surface area contributed by atoms with E-state index in [1.807, 2.05) is 30.3 Å². The highest BCUT2D eigenvalue weighted by atomic mass is 127. The Kier molecular flexibility index (Phi) is 8.24. The lowest BCUT2D eigenvalue weighted by Crippen LogP contribution is -2.44. The highest BCUT2D eigenvalue weighted by molar-refractivity contribution is 14.0. The van der Waals surface area contributed by atoms with Crippen molar-refractivity contribution in [1.29, 1.82) is 0 Å². The van der Waals surface area contributed by atoms with Crippen LogP contribution in [0.15, 0.2) is 46.0 Å². The van der Waals surface area contributed by atoms with Crippen LogP contribution in [-0.2, 0) is 6.54 Å². The van der Waals surface area contributed by atoms with Gasteiger partial charge in [-0.2, -0.15) is 0 Å². The van der Waals surface area contributed by atoms with E-state index < -0.39 is 0 Å². The first kappa shape index (κ1) is 19.8. The topological polar surface area (TPSA) is 62.5 Å². The lowest BCUT2D eigenvalue weighted by molar-refractivity contribution is 0.410. The van der Waals surface area contributed by atoms with Crippen molar-refractivity contribution in [3.05, 3.63) is 42.3 Å². The number of aliphatic imine (C=N–C) groups is 1. The van der Waals surface area contributed by atoms with Crippen molar-refractivity contribution in [3.63, 3.8) is 0 Å². The summed E-state index contributed by atoms with van der Waals surface area (Å²) in [5.74, 6) is 1.51. The summed E-state index contributed by atoms with van der Waals surface area (Å²) in [6.07, 6.45) is 8.11. The molecule has 1 aliphatic rings. The third kappa shape index (κ3) is 6.02. The fourth-order valence-electron chi connectivity index (χ4n) is 3.01. The molecule has 1 heterocycles. The molecule has 1 fully saturated rings. The number of nitrogens with zero attached hydrogens (tertiary/aromatic N) is 2. The lowest BCUT2D eigenvalue weighted by Gasteiger charge is -2.24. The Morgan fingerprint density at radius 2 is 1.96 bits per heavy atom. The number of rotatable bonds is 5. The fraction of sp³-hybridized carbons (Fsp3) is 0.474. The van der Waals surface area contributed by atoms with Crippen molar-refractivity contribution in [1.82, 2.24) is 15.6 Å². The van der Waals surface area contributed by atoms with Gasteiger partial charge in [-0.3, -0.25) is 0 Å². The van der Waals surface area contributed by atoms with E-state index in [-0.39, 0.29) is 24.0 Å². The maximum Gasteiger partial charge on any atom is 0.226 e. The van der Waals surface area contributed by atoms with Gasteiger partial charge in [-0.15, -0.1) is 24.0 Å². The van der Waals surface area contributed by atoms with E-state index in [2.05, 4.69) is 27.5 Å². The number of hydrogen-bond donors (Lipinski definition) is 2. The van der Waals surface area contributed by atoms with E-state index in [1.165, 1.54) is 32.1 Å². The summed E-state index contributed by atoms with van der Waals surface area (Å²) in [7, 11) is 0. The molecule has 1 saturated carbocycles. The molecule has 136 valence electrons. The normalized spacial score (nSPS) is 15.5. The molecule has 3 rings (SSSR count). The van der Waals surface area contributed by atoms with Crippen molar-refractivity contribution in [3.8, 4) is 11.5 Å². The Balaban J connectivity index is 0.00000225. The lowest BCUT2D eigenvalue weighted by atomic mass is 9.96. The molecule has 6 heteroatoms. The highest BCUT2D eigenvalue weighted by Gasteiger charge is 2.14. The zero-order valence-corrected chi connectivity index (χ0v) is 17.0. The van der Waals surface area contributed by atoms with Crippen LogP contribution in [0.3, 0.4) is 0 Å². The minimum Gasteiger partial charge on any atom is -0.444 e. The molecule has 1 aliphatic carbocycles. The second kappa shape index (κ2) is 10.4. The Hall–Kier alpha value is -1.57. The van der Waals surface area contributed by atoms with Gasteiger partial charge in [0.25, 0.3) is 0 Å². The molecule has 5 nitrogen and oxygen atoms in total. The smallest absolute Gasteiger partial charge is 0.226 e. The van der Waals surface area contributed by atoms with E-state index in [1.54, 1.807) is 6.26 Å². The Morgan fingerprint density at radius 1 is 1.20 bits per heavy atom. The van der Waals surface area contributed by atoms with Gasteiger partial charge in [0.15, 0.2) is 5.96 Å². The number of nitrogens with one attached hydrogen (secondary N) is 2. The second-order valence-electron chi connectivity index (χ2n) is 6.18. The molecule has 1 aromatic heterocycles. The molecule has 0 atom stereocenters. The number of halogens is 1. The van der Waals surface area contributed by atoms with Crippen molar-refractivity contribution in [2.75, 3.05) is 6.54 Å². The Bertz CT molecular complexity index is 650. The summed E-state index contributed by atoms with van der Waals surface area (Å²) in [4.78, 5) is 9.19. The Labute approximate surface area is 166 Å². The summed E-state index contributed by atoms with van der Waals surface area (Å²) in [5.41, 5.74) is 1.83. The van der Waals surface area contributed by atoms with E-state index in [4.69, 9.17) is 4.42 Å². The summed E-state index contributed by atoms with van der Waals surface area (Å²) in [5, 5.41) is 6.87. The monoisotopic (exact) mass is 454 g/mol. The first-order valence-corrected chi connectivity index (χ1v) is 8.90. The molecule has 25 heavy (non-hydrogen) atoms. The van der Waals surface area contributed by atoms with E-state index in [0.29, 0.717) is 18.5 Å². The average molecular weight is 454 g/mol. The van der Waals surface area contributed by atoms with Crippen LogP contribution in [0.4, 0.5) is 0 Å². The zero-order valence-electron chi connectivity index (χ0n) is 14.7. The van der Waals surface area contributed by atoms with Gasteiger partial charge in [-0.25, -0.2) is 9.98 Å². The first-order chi connectivity index (χ1) is 11.8. The molecule has 0 unspecified atom stereocenters. The minimum absolute atomic E-state index is 0. The van der Waals surface area contributed by atoms with Gasteiger partial charge in [-0.05, 0) is 31.9 Å². The average Bonchev–Trinajstić information content (AvgIpc) is 3.11. The number of oxazole rings is 1. The van der Waals surface area contributed by atoms with Gasteiger partial charge in [0.2, 0.25) is 5.89 Å². The van der Waals surface area contributed by atoms with Crippen LogP contribution >= 0.6 is 24.0 Å². The number of guanidine groups is 1. The summed E-state index contributed by atoms with van der Waals surface area (Å²) in [6.45, 7) is 3.45. The van der Waals surface area contributed by atoms with Crippen LogP contribution < -0.4 is 10.6 Å². The van der Waals surface area contributed by atoms with Crippen molar-refractivity contribution < 1.29 is 4.42 Å². The number of aromatic nitrogens is 1. The van der Waals surface area contributed by atoms with Crippen LogP contribution in [0.1, 0.15) is 44.7 Å². The van der Waals surface area contributed by atoms with Crippen LogP contribution in [-0.4, -0.2) is 23.5 Å². The third-order valence-electron chi connectivity index (χ3n) is 4.26. The zero-order chi connectivity index (χ0) is 16.6. The molecule has 0 spiro atoms. The standard InChI is InChI=1S/C19H26N4O.HI/c1-2-20-19(23-16-11-7-4-8-12-16)21-13-17-14-24-18(22-17)15-9-5-3-6-10-15;/h3,5-6,9-10,14,16H,2,4,7-8,11-13H2,1H3,(H2,20,21,23);1H. The van der Waals surface area contributed by atoms with Gasteiger partial charge >= 0.3 is 0 Å². The van der Waals surface area contributed by atoms with Crippen LogP contribution in [0.5, 0.6) is 0 Å². The van der Waals surface area contributed by atoms with E-state index >= 15 is 0 Å². The van der Waals surface area contributed by atoms with Crippen molar-refractivity contribution in [2.24, 2.45) is 4.99 Å². The van der Waals surface area contributed by atoms with Crippen molar-refractivity contribution >= 4 is 29.9 Å². The summed E-state index contributed by atoms with van der Waals surface area (Å²) >= 11 is 0. The van der Waals surface area contributed by atoms with Gasteiger partial charge in [0.05, 0.1) is 6.54 Å². The molecule has 2 aromatic rings. The van der Waals surface area contributed by atoms with E-state index in [0.717, 1.165) is 23.8 Å². The molecular weight excluding hydrogens is 427 g/mol. The molecule has 1 aromatic carbocycles. The molecule has 0 saturated heterocycles. The summed E-state index contributed by atoms with van der Waals surface area (Å²) < 4.78 is 5.57. The third-order valence-corrected chi connectivity index (χ3v) is 4.26. The number of benzene rings is 1. The molecule has 2 N–H and O–H groups in total. The number of hydrogen-bond acceptors (Lipinski definition) is 3.